The van der Waals surface area contributed by atoms with Gasteiger partial charge in [0.25, 0.3) is 0 Å². The van der Waals surface area contributed by atoms with Gasteiger partial charge in [-0.3, -0.25) is 14.4 Å². The van der Waals surface area contributed by atoms with Crippen molar-refractivity contribution in [2.75, 3.05) is 7.11 Å². The molecule has 0 unspecified atom stereocenters. The van der Waals surface area contributed by atoms with Crippen LogP contribution in [0.15, 0.2) is 18.2 Å². The minimum Gasteiger partial charge on any atom is -0.507 e. The molecule has 2 aliphatic carbocycles. The molecule has 2 aromatic rings. The van der Waals surface area contributed by atoms with Gasteiger partial charge in [-0.2, -0.15) is 0 Å². The van der Waals surface area contributed by atoms with Gasteiger partial charge >= 0.3 is 0 Å². The number of benzene rings is 2. The van der Waals surface area contributed by atoms with Gasteiger partial charge in [0.1, 0.15) is 22.8 Å². The molecule has 0 amide bonds. The normalized spacial score (nSPS) is 19.5. The number of carbonyl (C=O) groups excluding carboxylic acids is 3. The SMILES string of the molecule is CCCCC(=O)[C@@]1(O)CCc2c(O)c3c(c(O)c2C1)C(=O)c1cccc(OC)c1C3=O. The van der Waals surface area contributed by atoms with E-state index in [0.717, 1.165) is 6.42 Å². The molecule has 2 aromatic carbocycles. The first-order valence-electron chi connectivity index (χ1n) is 10.4. The topological polar surface area (TPSA) is 121 Å². The van der Waals surface area contributed by atoms with Crippen LogP contribution in [-0.4, -0.2) is 45.4 Å². The lowest BCUT2D eigenvalue weighted by molar-refractivity contribution is -0.138. The van der Waals surface area contributed by atoms with Crippen LogP contribution in [0.1, 0.15) is 75.6 Å². The molecule has 0 spiro atoms. The molecule has 0 fully saturated rings. The highest BCUT2D eigenvalue weighted by molar-refractivity contribution is 6.31. The van der Waals surface area contributed by atoms with Crippen LogP contribution in [0, 0.1) is 0 Å². The van der Waals surface area contributed by atoms with Gasteiger partial charge in [-0.05, 0) is 25.3 Å². The fraction of sp³-hybridized carbons (Fsp3) is 0.375. The van der Waals surface area contributed by atoms with Crippen molar-refractivity contribution >= 4 is 17.3 Å². The quantitative estimate of drug-likeness (QED) is 0.539. The molecule has 31 heavy (non-hydrogen) atoms. The molecule has 162 valence electrons. The first-order chi connectivity index (χ1) is 14.7. The minimum atomic E-state index is -1.68. The van der Waals surface area contributed by atoms with Crippen LogP contribution in [0.3, 0.4) is 0 Å². The van der Waals surface area contributed by atoms with Gasteiger partial charge in [0.2, 0.25) is 5.78 Å². The Labute approximate surface area is 179 Å². The fourth-order valence-corrected chi connectivity index (χ4v) is 4.63. The number of carbonyl (C=O) groups is 3. The van der Waals surface area contributed by atoms with Crippen molar-refractivity contribution in [1.82, 2.24) is 0 Å². The van der Waals surface area contributed by atoms with E-state index in [9.17, 15) is 29.7 Å². The first-order valence-corrected chi connectivity index (χ1v) is 10.4. The summed E-state index contributed by atoms with van der Waals surface area (Å²) in [5, 5.41) is 32.9. The van der Waals surface area contributed by atoms with Gasteiger partial charge in [0.05, 0.1) is 23.8 Å². The molecular weight excluding hydrogens is 400 g/mol. The van der Waals surface area contributed by atoms with Crippen molar-refractivity contribution < 1.29 is 34.4 Å². The van der Waals surface area contributed by atoms with Gasteiger partial charge < -0.3 is 20.1 Å². The summed E-state index contributed by atoms with van der Waals surface area (Å²) in [6.45, 7) is 1.94. The maximum atomic E-state index is 13.2. The fourth-order valence-electron chi connectivity index (χ4n) is 4.63. The van der Waals surface area contributed by atoms with E-state index in [1.165, 1.54) is 13.2 Å². The Morgan fingerprint density at radius 2 is 1.74 bits per heavy atom. The number of phenolic OH excluding ortho intramolecular Hbond substituents is 2. The largest absolute Gasteiger partial charge is 0.507 e. The van der Waals surface area contributed by atoms with Crippen LogP contribution in [-0.2, 0) is 17.6 Å². The third-order valence-corrected chi connectivity index (χ3v) is 6.37. The second kappa shape index (κ2) is 7.50. The van der Waals surface area contributed by atoms with Crippen molar-refractivity contribution in [2.24, 2.45) is 0 Å². The summed E-state index contributed by atoms with van der Waals surface area (Å²) in [4.78, 5) is 39.0. The molecule has 3 N–H and O–H groups in total. The Hall–Kier alpha value is -3.19. The predicted octanol–water partition coefficient (Wildman–Crippen LogP) is 2.86. The molecule has 0 heterocycles. The molecule has 0 aliphatic heterocycles. The average Bonchev–Trinajstić information content (AvgIpc) is 2.77. The van der Waals surface area contributed by atoms with Crippen molar-refractivity contribution in [3.63, 3.8) is 0 Å². The zero-order valence-corrected chi connectivity index (χ0v) is 17.4. The number of aliphatic hydroxyl groups is 1. The first kappa shape index (κ1) is 21.1. The number of methoxy groups -OCH3 is 1. The number of hydrogen-bond donors (Lipinski definition) is 3. The second-order valence-corrected chi connectivity index (χ2v) is 8.18. The van der Waals surface area contributed by atoms with Crippen LogP contribution >= 0.6 is 0 Å². The molecule has 2 aliphatic rings. The number of hydrogen-bond acceptors (Lipinski definition) is 7. The zero-order chi connectivity index (χ0) is 22.5. The molecule has 7 nitrogen and oxygen atoms in total. The second-order valence-electron chi connectivity index (χ2n) is 8.18. The monoisotopic (exact) mass is 424 g/mol. The Bertz CT molecular complexity index is 1130. The highest BCUT2D eigenvalue weighted by Gasteiger charge is 2.45. The summed E-state index contributed by atoms with van der Waals surface area (Å²) in [5.41, 5.74) is -1.71. The molecule has 7 heteroatoms. The molecule has 0 radical (unpaired) electrons. The van der Waals surface area contributed by atoms with E-state index in [1.807, 2.05) is 6.92 Å². The van der Waals surface area contributed by atoms with E-state index in [-0.39, 0.29) is 76.3 Å². The number of fused-ring (bicyclic) bond motifs is 3. The van der Waals surface area contributed by atoms with Crippen molar-refractivity contribution in [2.45, 2.75) is 51.0 Å². The summed E-state index contributed by atoms with van der Waals surface area (Å²) in [6, 6.07) is 4.57. The molecular formula is C24H24O7. The van der Waals surface area contributed by atoms with E-state index >= 15 is 0 Å². The number of rotatable bonds is 5. The molecule has 4 rings (SSSR count). The average molecular weight is 424 g/mol. The molecule has 0 bridgehead atoms. The highest BCUT2D eigenvalue weighted by Crippen LogP contribution is 2.48. The third kappa shape index (κ3) is 3.03. The summed E-state index contributed by atoms with van der Waals surface area (Å²) >= 11 is 0. The van der Waals surface area contributed by atoms with Crippen LogP contribution in [0.2, 0.25) is 0 Å². The smallest absolute Gasteiger partial charge is 0.202 e. The van der Waals surface area contributed by atoms with Crippen molar-refractivity contribution in [3.8, 4) is 17.2 Å². The Kier molecular flexibility index (Phi) is 5.09. The number of aromatic hydroxyl groups is 2. The van der Waals surface area contributed by atoms with E-state index in [2.05, 4.69) is 0 Å². The molecule has 0 saturated heterocycles. The Morgan fingerprint density at radius 1 is 1.06 bits per heavy atom. The maximum Gasteiger partial charge on any atom is 0.202 e. The predicted molar refractivity (Wildman–Crippen MR) is 111 cm³/mol. The highest BCUT2D eigenvalue weighted by atomic mass is 16.5. The molecule has 1 atom stereocenters. The van der Waals surface area contributed by atoms with Crippen LogP contribution in [0.4, 0.5) is 0 Å². The summed E-state index contributed by atoms with van der Waals surface area (Å²) < 4.78 is 5.23. The summed E-state index contributed by atoms with van der Waals surface area (Å²) in [5.74, 6) is -2.21. The van der Waals surface area contributed by atoms with Gasteiger partial charge in [0.15, 0.2) is 11.6 Å². The van der Waals surface area contributed by atoms with Crippen molar-refractivity contribution in [1.29, 1.82) is 0 Å². The number of Topliss-reactive ketones (excluding diaryl/α,β-unsaturated/α-hetero) is 1. The minimum absolute atomic E-state index is 0.0409. The lowest BCUT2D eigenvalue weighted by Crippen LogP contribution is -2.44. The van der Waals surface area contributed by atoms with Crippen molar-refractivity contribution in [3.05, 3.63) is 51.6 Å². The van der Waals surface area contributed by atoms with E-state index in [1.54, 1.807) is 12.1 Å². The third-order valence-electron chi connectivity index (χ3n) is 6.37. The number of ketones is 3. The lowest BCUT2D eigenvalue weighted by atomic mass is 9.72. The van der Waals surface area contributed by atoms with Crippen LogP contribution in [0.25, 0.3) is 0 Å². The van der Waals surface area contributed by atoms with Gasteiger partial charge in [-0.1, -0.05) is 25.5 Å². The van der Waals surface area contributed by atoms with E-state index < -0.39 is 22.9 Å². The summed E-state index contributed by atoms with van der Waals surface area (Å²) in [6.07, 6.45) is 1.60. The standard InChI is InChI=1S/C24H24O7/c1-3-4-8-16(25)24(30)10-9-12-14(11-24)22(28)18-19(20(12)26)23(29)17-13(21(18)27)6-5-7-15(17)31-2/h5-7,26,28,30H,3-4,8-11H2,1-2H3/t24-/m1/s1. The van der Waals surface area contributed by atoms with Gasteiger partial charge in [-0.15, -0.1) is 0 Å². The number of phenols is 2. The van der Waals surface area contributed by atoms with Crippen LogP contribution < -0.4 is 4.74 Å². The maximum absolute atomic E-state index is 13.2. The molecule has 0 saturated carbocycles. The molecule has 0 aromatic heterocycles. The van der Waals surface area contributed by atoms with Gasteiger partial charge in [-0.25, -0.2) is 0 Å². The Morgan fingerprint density at radius 3 is 2.42 bits per heavy atom. The summed E-state index contributed by atoms with van der Waals surface area (Å²) in [7, 11) is 1.38. The van der Waals surface area contributed by atoms with Crippen LogP contribution in [0.5, 0.6) is 17.2 Å². The zero-order valence-electron chi connectivity index (χ0n) is 17.4. The number of ether oxygens (including phenoxy) is 1. The lowest BCUT2D eigenvalue weighted by Gasteiger charge is -2.34. The Balaban J connectivity index is 1.87. The van der Waals surface area contributed by atoms with E-state index in [0.29, 0.717) is 6.42 Å². The van der Waals surface area contributed by atoms with Gasteiger partial charge in [0, 0.05) is 29.5 Å². The van der Waals surface area contributed by atoms with E-state index in [4.69, 9.17) is 4.74 Å². The number of unbranched alkanes of at least 4 members (excludes halogenated alkanes) is 1.